The van der Waals surface area contributed by atoms with E-state index in [9.17, 15) is 10.1 Å². The average Bonchev–Trinajstić information content (AvgIpc) is 2.64. The third-order valence-corrected chi connectivity index (χ3v) is 2.00. The Balaban J connectivity index is 2.62. The second-order valence-corrected chi connectivity index (χ2v) is 3.30. The summed E-state index contributed by atoms with van der Waals surface area (Å²) in [7, 11) is 0. The quantitative estimate of drug-likeness (QED) is 0.601. The van der Waals surface area contributed by atoms with E-state index in [0.29, 0.717) is 0 Å². The van der Waals surface area contributed by atoms with Crippen molar-refractivity contribution in [3.8, 4) is 5.82 Å². The van der Waals surface area contributed by atoms with Gasteiger partial charge in [0, 0.05) is 12.3 Å². The molecule has 2 N–H and O–H groups in total. The zero-order valence-electron chi connectivity index (χ0n) is 8.49. The standard InChI is InChI=1S/C9H9N5O2/c1-6-4-11-13(5-6)9-7(14(15)16)2-3-8(10)12-9/h2-5H,1H3,(H2,10,12). The van der Waals surface area contributed by atoms with Gasteiger partial charge in [-0.25, -0.2) is 9.67 Å². The minimum Gasteiger partial charge on any atom is -0.384 e. The van der Waals surface area contributed by atoms with Gasteiger partial charge in [0.2, 0.25) is 5.82 Å². The average molecular weight is 219 g/mol. The van der Waals surface area contributed by atoms with Crippen molar-refractivity contribution in [1.82, 2.24) is 14.8 Å². The summed E-state index contributed by atoms with van der Waals surface area (Å²) >= 11 is 0. The molecule has 0 atom stereocenters. The van der Waals surface area contributed by atoms with E-state index in [1.165, 1.54) is 16.8 Å². The van der Waals surface area contributed by atoms with Crippen LogP contribution in [0.1, 0.15) is 5.56 Å². The third kappa shape index (κ3) is 1.70. The van der Waals surface area contributed by atoms with Crippen molar-refractivity contribution in [2.24, 2.45) is 0 Å². The number of hydrogen-bond acceptors (Lipinski definition) is 5. The number of hydrogen-bond donors (Lipinski definition) is 1. The largest absolute Gasteiger partial charge is 0.384 e. The molecule has 0 radical (unpaired) electrons. The summed E-state index contributed by atoms with van der Waals surface area (Å²) in [4.78, 5) is 14.2. The second-order valence-electron chi connectivity index (χ2n) is 3.30. The Bertz CT molecular complexity index is 549. The Labute approximate surface area is 90.7 Å². The second kappa shape index (κ2) is 3.61. The molecule has 0 spiro atoms. The summed E-state index contributed by atoms with van der Waals surface area (Å²) in [5.41, 5.74) is 6.26. The molecule has 2 aromatic heterocycles. The van der Waals surface area contributed by atoms with Crippen molar-refractivity contribution in [3.63, 3.8) is 0 Å². The van der Waals surface area contributed by atoms with Crippen molar-refractivity contribution in [2.45, 2.75) is 6.92 Å². The van der Waals surface area contributed by atoms with Crippen LogP contribution in [0.5, 0.6) is 0 Å². The van der Waals surface area contributed by atoms with Crippen LogP contribution >= 0.6 is 0 Å². The van der Waals surface area contributed by atoms with Gasteiger partial charge in [-0.2, -0.15) is 5.10 Å². The molecule has 0 aromatic carbocycles. The van der Waals surface area contributed by atoms with Crippen LogP contribution in [0.2, 0.25) is 0 Å². The van der Waals surface area contributed by atoms with Crippen molar-refractivity contribution in [2.75, 3.05) is 5.73 Å². The van der Waals surface area contributed by atoms with Gasteiger partial charge in [-0.3, -0.25) is 10.1 Å². The van der Waals surface area contributed by atoms with Crippen molar-refractivity contribution < 1.29 is 4.92 Å². The van der Waals surface area contributed by atoms with Crippen LogP contribution in [-0.2, 0) is 0 Å². The predicted molar refractivity (Wildman–Crippen MR) is 57.2 cm³/mol. The summed E-state index contributed by atoms with van der Waals surface area (Å²) < 4.78 is 1.34. The highest BCUT2D eigenvalue weighted by Gasteiger charge is 2.17. The molecular formula is C9H9N5O2. The van der Waals surface area contributed by atoms with E-state index in [1.54, 1.807) is 12.4 Å². The van der Waals surface area contributed by atoms with Crippen LogP contribution in [0, 0.1) is 17.0 Å². The molecule has 0 aliphatic carbocycles. The first kappa shape index (κ1) is 10.1. The number of nitrogen functional groups attached to an aromatic ring is 1. The van der Waals surface area contributed by atoms with Gasteiger partial charge >= 0.3 is 5.69 Å². The van der Waals surface area contributed by atoms with Gasteiger partial charge < -0.3 is 5.73 Å². The molecule has 0 amide bonds. The topological polar surface area (TPSA) is 99.9 Å². The third-order valence-electron chi connectivity index (χ3n) is 2.00. The van der Waals surface area contributed by atoms with Crippen LogP contribution in [0.4, 0.5) is 11.5 Å². The highest BCUT2D eigenvalue weighted by Crippen LogP contribution is 2.21. The number of nitrogens with two attached hydrogens (primary N) is 1. The van der Waals surface area contributed by atoms with Gasteiger partial charge in [0.05, 0.1) is 11.1 Å². The molecule has 0 saturated carbocycles. The Morgan fingerprint density at radius 3 is 2.81 bits per heavy atom. The number of rotatable bonds is 2. The maximum atomic E-state index is 10.8. The van der Waals surface area contributed by atoms with E-state index in [0.717, 1.165) is 5.56 Å². The lowest BCUT2D eigenvalue weighted by Gasteiger charge is -2.02. The van der Waals surface area contributed by atoms with Gasteiger partial charge in [0.1, 0.15) is 5.82 Å². The number of anilines is 1. The molecule has 16 heavy (non-hydrogen) atoms. The Morgan fingerprint density at radius 2 is 2.25 bits per heavy atom. The van der Waals surface area contributed by atoms with Gasteiger partial charge in [-0.15, -0.1) is 0 Å². The lowest BCUT2D eigenvalue weighted by molar-refractivity contribution is -0.384. The van der Waals surface area contributed by atoms with Crippen LogP contribution in [0.15, 0.2) is 24.5 Å². The van der Waals surface area contributed by atoms with Gasteiger partial charge in [-0.1, -0.05) is 0 Å². The Hall–Kier alpha value is -2.44. The molecule has 0 aliphatic heterocycles. The molecular weight excluding hydrogens is 210 g/mol. The van der Waals surface area contributed by atoms with Crippen molar-refractivity contribution >= 4 is 11.5 Å². The fourth-order valence-electron chi connectivity index (χ4n) is 1.30. The molecule has 7 heteroatoms. The number of pyridine rings is 1. The van der Waals surface area contributed by atoms with E-state index in [1.807, 2.05) is 6.92 Å². The normalized spacial score (nSPS) is 10.3. The monoisotopic (exact) mass is 219 g/mol. The first-order valence-corrected chi connectivity index (χ1v) is 4.50. The molecule has 2 rings (SSSR count). The number of nitro groups is 1. The smallest absolute Gasteiger partial charge is 0.313 e. The number of aromatic nitrogens is 3. The molecule has 0 saturated heterocycles. The molecule has 0 fully saturated rings. The van der Waals surface area contributed by atoms with E-state index in [4.69, 9.17) is 5.73 Å². The zero-order valence-corrected chi connectivity index (χ0v) is 8.49. The molecule has 2 heterocycles. The minimum absolute atomic E-state index is 0.123. The van der Waals surface area contributed by atoms with Crippen LogP contribution in [0.25, 0.3) is 5.82 Å². The van der Waals surface area contributed by atoms with E-state index in [2.05, 4.69) is 10.1 Å². The van der Waals surface area contributed by atoms with Crippen LogP contribution in [0.3, 0.4) is 0 Å². The molecule has 2 aromatic rings. The highest BCUT2D eigenvalue weighted by atomic mass is 16.6. The van der Waals surface area contributed by atoms with Crippen LogP contribution < -0.4 is 5.73 Å². The fraction of sp³-hybridized carbons (Fsp3) is 0.111. The van der Waals surface area contributed by atoms with Gasteiger partial charge in [0.15, 0.2) is 0 Å². The minimum atomic E-state index is -0.515. The maximum absolute atomic E-state index is 10.8. The maximum Gasteiger partial charge on any atom is 0.313 e. The van der Waals surface area contributed by atoms with Crippen LogP contribution in [-0.4, -0.2) is 19.7 Å². The summed E-state index contributed by atoms with van der Waals surface area (Å²) in [6, 6.07) is 2.70. The fourth-order valence-corrected chi connectivity index (χ4v) is 1.30. The molecule has 82 valence electrons. The molecule has 0 unspecified atom stereocenters. The molecule has 7 nitrogen and oxygen atoms in total. The summed E-state index contributed by atoms with van der Waals surface area (Å²) in [6.07, 6.45) is 3.24. The number of nitrogens with zero attached hydrogens (tertiary/aromatic N) is 4. The Kier molecular flexibility index (Phi) is 2.28. The summed E-state index contributed by atoms with van der Waals surface area (Å²) in [5, 5.41) is 14.8. The lowest BCUT2D eigenvalue weighted by Crippen LogP contribution is -2.05. The molecule has 0 bridgehead atoms. The summed E-state index contributed by atoms with van der Waals surface area (Å²) in [6.45, 7) is 1.83. The van der Waals surface area contributed by atoms with Gasteiger partial charge in [0.25, 0.3) is 0 Å². The van der Waals surface area contributed by atoms with E-state index < -0.39 is 4.92 Å². The lowest BCUT2D eigenvalue weighted by atomic mass is 10.3. The first-order valence-electron chi connectivity index (χ1n) is 4.50. The predicted octanol–water partition coefficient (Wildman–Crippen LogP) is 1.07. The van der Waals surface area contributed by atoms with Crippen molar-refractivity contribution in [1.29, 1.82) is 0 Å². The number of aryl methyl sites for hydroxylation is 1. The van der Waals surface area contributed by atoms with E-state index >= 15 is 0 Å². The highest BCUT2D eigenvalue weighted by molar-refractivity contribution is 5.51. The Morgan fingerprint density at radius 1 is 1.50 bits per heavy atom. The summed E-state index contributed by atoms with van der Waals surface area (Å²) in [5.74, 6) is 0.340. The zero-order chi connectivity index (χ0) is 11.7. The van der Waals surface area contributed by atoms with E-state index in [-0.39, 0.29) is 17.3 Å². The SMILES string of the molecule is Cc1cnn(-c2nc(N)ccc2[N+](=O)[O-])c1. The van der Waals surface area contributed by atoms with Gasteiger partial charge in [-0.05, 0) is 18.6 Å². The molecule has 0 aliphatic rings. The first-order chi connectivity index (χ1) is 7.58. The van der Waals surface area contributed by atoms with Crippen molar-refractivity contribution in [3.05, 3.63) is 40.2 Å².